The second-order valence-corrected chi connectivity index (χ2v) is 4.98. The van der Waals surface area contributed by atoms with Crippen LogP contribution >= 0.6 is 22.6 Å². The number of nitrogens with two attached hydrogens (primary N) is 1. The Kier molecular flexibility index (Phi) is 3.75. The lowest BCUT2D eigenvalue weighted by Crippen LogP contribution is -2.23. The third-order valence-electron chi connectivity index (χ3n) is 2.38. The highest BCUT2D eigenvalue weighted by Crippen LogP contribution is 2.06. The second-order valence-electron chi connectivity index (χ2n) is 3.73. The summed E-state index contributed by atoms with van der Waals surface area (Å²) < 4.78 is 2.13. The molecule has 92 valence electrons. The molecule has 0 saturated carbocycles. The maximum absolute atomic E-state index is 11.7. The maximum Gasteiger partial charge on any atom is 0.268 e. The minimum Gasteiger partial charge on any atom is -0.366 e. The molecule has 6 heteroatoms. The Bertz CT molecular complexity index is 652. The van der Waals surface area contributed by atoms with Crippen LogP contribution in [0.2, 0.25) is 0 Å². The average Bonchev–Trinajstić information content (AvgIpc) is 2.33. The van der Waals surface area contributed by atoms with Gasteiger partial charge in [0.05, 0.1) is 12.7 Å². The van der Waals surface area contributed by atoms with Crippen molar-refractivity contribution in [2.75, 3.05) is 0 Å². The van der Waals surface area contributed by atoms with Gasteiger partial charge >= 0.3 is 0 Å². The fourth-order valence-corrected chi connectivity index (χ4v) is 1.92. The van der Waals surface area contributed by atoms with E-state index in [9.17, 15) is 9.59 Å². The molecule has 2 N–H and O–H groups in total. The Morgan fingerprint density at radius 2 is 2.17 bits per heavy atom. The first-order valence-electron chi connectivity index (χ1n) is 5.17. The predicted molar refractivity (Wildman–Crippen MR) is 75.3 cm³/mol. The smallest absolute Gasteiger partial charge is 0.268 e. The van der Waals surface area contributed by atoms with Crippen molar-refractivity contribution in [3.63, 3.8) is 0 Å². The monoisotopic (exact) mass is 355 g/mol. The van der Waals surface area contributed by atoms with Crippen molar-refractivity contribution in [3.8, 4) is 0 Å². The van der Waals surface area contributed by atoms with Gasteiger partial charge in [0.1, 0.15) is 0 Å². The van der Waals surface area contributed by atoms with Crippen molar-refractivity contribution in [2.45, 2.75) is 6.54 Å². The highest BCUT2D eigenvalue weighted by atomic mass is 127. The van der Waals surface area contributed by atoms with Crippen molar-refractivity contribution < 1.29 is 4.79 Å². The summed E-state index contributed by atoms with van der Waals surface area (Å²) in [4.78, 5) is 22.7. The average molecular weight is 355 g/mol. The highest BCUT2D eigenvalue weighted by Gasteiger charge is 2.04. The lowest BCUT2D eigenvalue weighted by Gasteiger charge is -2.05. The van der Waals surface area contributed by atoms with Crippen LogP contribution in [-0.4, -0.2) is 15.7 Å². The number of primary amides is 1. The molecule has 1 aromatic heterocycles. The number of rotatable bonds is 3. The van der Waals surface area contributed by atoms with Gasteiger partial charge in [-0.3, -0.25) is 9.59 Å². The van der Waals surface area contributed by atoms with Gasteiger partial charge in [-0.05, 0) is 40.3 Å². The van der Waals surface area contributed by atoms with E-state index in [1.165, 1.54) is 10.7 Å². The highest BCUT2D eigenvalue weighted by molar-refractivity contribution is 14.1. The minimum absolute atomic E-state index is 0.175. The summed E-state index contributed by atoms with van der Waals surface area (Å²) in [7, 11) is 0. The molecular formula is C12H10IN3O2. The van der Waals surface area contributed by atoms with Crippen LogP contribution in [0.25, 0.3) is 0 Å². The summed E-state index contributed by atoms with van der Waals surface area (Å²) in [5.74, 6) is -0.486. The molecule has 1 amide bonds. The number of halogens is 1. The first kappa shape index (κ1) is 12.7. The van der Waals surface area contributed by atoms with Crippen LogP contribution in [0.3, 0.4) is 0 Å². The van der Waals surface area contributed by atoms with Gasteiger partial charge < -0.3 is 5.73 Å². The Balaban J connectivity index is 2.31. The van der Waals surface area contributed by atoms with Crippen LogP contribution in [0.1, 0.15) is 15.9 Å². The molecule has 1 heterocycles. The molecule has 2 rings (SSSR count). The lowest BCUT2D eigenvalue weighted by molar-refractivity contribution is 0.1000. The van der Waals surface area contributed by atoms with E-state index in [-0.39, 0.29) is 5.56 Å². The number of hydrogen-bond donors (Lipinski definition) is 1. The molecule has 2 aromatic rings. The van der Waals surface area contributed by atoms with Gasteiger partial charge in [0.25, 0.3) is 5.56 Å². The topological polar surface area (TPSA) is 78.0 Å². The van der Waals surface area contributed by atoms with Gasteiger partial charge in [0, 0.05) is 15.2 Å². The largest absolute Gasteiger partial charge is 0.366 e. The number of nitrogens with zero attached hydrogens (tertiary/aromatic N) is 2. The van der Waals surface area contributed by atoms with E-state index in [0.29, 0.717) is 12.1 Å². The van der Waals surface area contributed by atoms with E-state index in [1.54, 1.807) is 24.4 Å². The van der Waals surface area contributed by atoms with Crippen molar-refractivity contribution in [1.82, 2.24) is 9.78 Å². The van der Waals surface area contributed by atoms with Crippen molar-refractivity contribution >= 4 is 28.5 Å². The summed E-state index contributed by atoms with van der Waals surface area (Å²) in [5, 5.41) is 4.03. The van der Waals surface area contributed by atoms with Gasteiger partial charge in [-0.1, -0.05) is 12.1 Å². The maximum atomic E-state index is 11.7. The molecule has 0 radical (unpaired) electrons. The summed E-state index contributed by atoms with van der Waals surface area (Å²) in [6.45, 7) is 0.316. The number of amides is 1. The summed E-state index contributed by atoms with van der Waals surface area (Å²) in [6, 6.07) is 8.35. The minimum atomic E-state index is -0.486. The van der Waals surface area contributed by atoms with Crippen LogP contribution in [-0.2, 0) is 6.54 Å². The summed E-state index contributed by atoms with van der Waals surface area (Å²) in [5.41, 5.74) is 6.26. The molecule has 0 bridgehead atoms. The zero-order valence-electron chi connectivity index (χ0n) is 9.34. The lowest BCUT2D eigenvalue weighted by atomic mass is 10.1. The molecule has 0 spiro atoms. The number of hydrogen-bond acceptors (Lipinski definition) is 3. The Hall–Kier alpha value is -1.70. The standard InChI is InChI=1S/C12H10IN3O2/c13-10-5-11(17)16(15-6-10)7-8-2-1-3-9(4-8)12(14)18/h1-6H,7H2,(H2,14,18). The molecule has 18 heavy (non-hydrogen) atoms. The molecule has 0 aliphatic rings. The summed E-state index contributed by atoms with van der Waals surface area (Å²) in [6.07, 6.45) is 1.61. The number of carbonyl (C=O) groups is 1. The molecule has 0 aliphatic heterocycles. The summed E-state index contributed by atoms with van der Waals surface area (Å²) >= 11 is 2.03. The Morgan fingerprint density at radius 3 is 2.83 bits per heavy atom. The van der Waals surface area contributed by atoms with Crippen LogP contribution in [0.15, 0.2) is 41.3 Å². The van der Waals surface area contributed by atoms with Gasteiger partial charge in [-0.15, -0.1) is 0 Å². The molecular weight excluding hydrogens is 345 g/mol. The molecule has 0 atom stereocenters. The number of benzene rings is 1. The van der Waals surface area contributed by atoms with Crippen LogP contribution < -0.4 is 11.3 Å². The van der Waals surface area contributed by atoms with Gasteiger partial charge in [-0.2, -0.15) is 5.10 Å². The third-order valence-corrected chi connectivity index (χ3v) is 2.97. The SMILES string of the molecule is NC(=O)c1cccc(Cn2ncc(I)cc2=O)c1. The van der Waals surface area contributed by atoms with Crippen molar-refractivity contribution in [2.24, 2.45) is 5.73 Å². The van der Waals surface area contributed by atoms with Crippen LogP contribution in [0.4, 0.5) is 0 Å². The van der Waals surface area contributed by atoms with Gasteiger partial charge in [0.15, 0.2) is 0 Å². The molecule has 0 fully saturated rings. The van der Waals surface area contributed by atoms with Gasteiger partial charge in [0.2, 0.25) is 5.91 Å². The number of carbonyl (C=O) groups excluding carboxylic acids is 1. The van der Waals surface area contributed by atoms with Gasteiger partial charge in [-0.25, -0.2) is 4.68 Å². The normalized spacial score (nSPS) is 10.3. The van der Waals surface area contributed by atoms with Crippen LogP contribution in [0.5, 0.6) is 0 Å². The van der Waals surface area contributed by atoms with Crippen molar-refractivity contribution in [1.29, 1.82) is 0 Å². The fraction of sp³-hybridized carbons (Fsp3) is 0.0833. The molecule has 0 aliphatic carbocycles. The Morgan fingerprint density at radius 1 is 1.39 bits per heavy atom. The molecule has 0 unspecified atom stereocenters. The quantitative estimate of drug-likeness (QED) is 0.835. The van der Waals surface area contributed by atoms with E-state index in [0.717, 1.165) is 9.13 Å². The van der Waals surface area contributed by atoms with E-state index >= 15 is 0 Å². The first-order chi connectivity index (χ1) is 8.56. The first-order valence-corrected chi connectivity index (χ1v) is 6.25. The second kappa shape index (κ2) is 5.30. The van der Waals surface area contributed by atoms with E-state index in [4.69, 9.17) is 5.73 Å². The number of aromatic nitrogens is 2. The molecule has 5 nitrogen and oxygen atoms in total. The third kappa shape index (κ3) is 2.95. The van der Waals surface area contributed by atoms with E-state index in [2.05, 4.69) is 5.10 Å². The zero-order chi connectivity index (χ0) is 13.1. The zero-order valence-corrected chi connectivity index (χ0v) is 11.5. The fourth-order valence-electron chi connectivity index (χ4n) is 1.53. The van der Waals surface area contributed by atoms with E-state index < -0.39 is 5.91 Å². The molecule has 1 aromatic carbocycles. The van der Waals surface area contributed by atoms with E-state index in [1.807, 2.05) is 28.7 Å². The predicted octanol–water partition coefficient (Wildman–Crippen LogP) is 0.995. The van der Waals surface area contributed by atoms with Crippen molar-refractivity contribution in [3.05, 3.63) is 61.6 Å². The van der Waals surface area contributed by atoms with Crippen LogP contribution in [0, 0.1) is 3.57 Å². The Labute approximate surface area is 117 Å². The molecule has 0 saturated heterocycles.